The Morgan fingerprint density at radius 1 is 1.26 bits per heavy atom. The summed E-state index contributed by atoms with van der Waals surface area (Å²) >= 11 is 0. The number of hydrogen-bond donors (Lipinski definition) is 1. The molecule has 5 heteroatoms. The second-order valence-electron chi connectivity index (χ2n) is 4.30. The van der Waals surface area contributed by atoms with E-state index in [0.29, 0.717) is 17.4 Å². The molecule has 1 N–H and O–H groups in total. The highest BCUT2D eigenvalue weighted by molar-refractivity contribution is 5.65. The highest BCUT2D eigenvalue weighted by Crippen LogP contribution is 2.31. The molecule has 0 unspecified atom stereocenters. The Kier molecular flexibility index (Phi) is 3.94. The van der Waals surface area contributed by atoms with Crippen molar-refractivity contribution in [2.45, 2.75) is 20.0 Å². The van der Waals surface area contributed by atoms with Crippen molar-refractivity contribution in [1.29, 1.82) is 0 Å². The SMILES string of the molecule is CNc1ccnc(-c2c(F)cccc2OC(C)C)n1. The van der Waals surface area contributed by atoms with Crippen molar-refractivity contribution in [3.8, 4) is 17.1 Å². The van der Waals surface area contributed by atoms with Crippen molar-refractivity contribution in [2.24, 2.45) is 0 Å². The molecule has 0 radical (unpaired) electrons. The highest BCUT2D eigenvalue weighted by atomic mass is 19.1. The number of nitrogens with one attached hydrogen (secondary N) is 1. The van der Waals surface area contributed by atoms with Crippen LogP contribution in [0.3, 0.4) is 0 Å². The van der Waals surface area contributed by atoms with Crippen LogP contribution >= 0.6 is 0 Å². The molecule has 2 aromatic rings. The summed E-state index contributed by atoms with van der Waals surface area (Å²) < 4.78 is 19.7. The molecule has 0 saturated carbocycles. The number of benzene rings is 1. The summed E-state index contributed by atoms with van der Waals surface area (Å²) in [6, 6.07) is 6.41. The van der Waals surface area contributed by atoms with Crippen LogP contribution < -0.4 is 10.1 Å². The van der Waals surface area contributed by atoms with Gasteiger partial charge in [0.25, 0.3) is 0 Å². The molecule has 0 fully saturated rings. The molecular formula is C14H16FN3O. The third-order valence-corrected chi connectivity index (χ3v) is 2.47. The van der Waals surface area contributed by atoms with Crippen LogP contribution in [-0.4, -0.2) is 23.1 Å². The lowest BCUT2D eigenvalue weighted by Gasteiger charge is -2.14. The zero-order chi connectivity index (χ0) is 13.8. The number of nitrogens with zero attached hydrogens (tertiary/aromatic N) is 2. The maximum absolute atomic E-state index is 14.0. The molecule has 4 nitrogen and oxygen atoms in total. The first-order chi connectivity index (χ1) is 9.11. The van der Waals surface area contributed by atoms with Crippen LogP contribution in [0.4, 0.5) is 10.2 Å². The maximum Gasteiger partial charge on any atom is 0.168 e. The summed E-state index contributed by atoms with van der Waals surface area (Å²) in [5, 5.41) is 2.90. The van der Waals surface area contributed by atoms with E-state index in [1.54, 1.807) is 31.4 Å². The van der Waals surface area contributed by atoms with Gasteiger partial charge in [0.2, 0.25) is 0 Å². The molecule has 1 aromatic carbocycles. The Morgan fingerprint density at radius 3 is 2.74 bits per heavy atom. The molecule has 1 heterocycles. The van der Waals surface area contributed by atoms with E-state index in [2.05, 4.69) is 15.3 Å². The first-order valence-corrected chi connectivity index (χ1v) is 6.08. The van der Waals surface area contributed by atoms with E-state index in [1.807, 2.05) is 13.8 Å². The zero-order valence-electron chi connectivity index (χ0n) is 11.1. The predicted octanol–water partition coefficient (Wildman–Crippen LogP) is 3.11. The van der Waals surface area contributed by atoms with E-state index in [9.17, 15) is 4.39 Å². The molecule has 0 atom stereocenters. The van der Waals surface area contributed by atoms with Crippen molar-refractivity contribution >= 4 is 5.82 Å². The van der Waals surface area contributed by atoms with Gasteiger partial charge in [0, 0.05) is 13.2 Å². The first-order valence-electron chi connectivity index (χ1n) is 6.08. The van der Waals surface area contributed by atoms with Crippen LogP contribution in [0.25, 0.3) is 11.4 Å². The van der Waals surface area contributed by atoms with Crippen LogP contribution in [-0.2, 0) is 0 Å². The molecule has 0 aliphatic carbocycles. The normalized spacial score (nSPS) is 10.6. The smallest absolute Gasteiger partial charge is 0.168 e. The summed E-state index contributed by atoms with van der Waals surface area (Å²) in [4.78, 5) is 8.36. The summed E-state index contributed by atoms with van der Waals surface area (Å²) in [7, 11) is 1.75. The minimum absolute atomic E-state index is 0.0481. The van der Waals surface area contributed by atoms with Gasteiger partial charge in [-0.15, -0.1) is 0 Å². The van der Waals surface area contributed by atoms with Crippen LogP contribution in [0.2, 0.25) is 0 Å². The second-order valence-corrected chi connectivity index (χ2v) is 4.30. The van der Waals surface area contributed by atoms with Gasteiger partial charge in [-0.05, 0) is 32.0 Å². The number of hydrogen-bond acceptors (Lipinski definition) is 4. The van der Waals surface area contributed by atoms with Gasteiger partial charge in [0.15, 0.2) is 5.82 Å². The van der Waals surface area contributed by atoms with Gasteiger partial charge in [-0.25, -0.2) is 14.4 Å². The van der Waals surface area contributed by atoms with Crippen molar-refractivity contribution in [3.05, 3.63) is 36.3 Å². The van der Waals surface area contributed by atoms with E-state index < -0.39 is 5.82 Å². The zero-order valence-corrected chi connectivity index (χ0v) is 11.1. The number of ether oxygens (including phenoxy) is 1. The lowest BCUT2D eigenvalue weighted by molar-refractivity contribution is 0.242. The second kappa shape index (κ2) is 5.65. The van der Waals surface area contributed by atoms with Crippen LogP contribution in [0, 0.1) is 5.82 Å². The monoisotopic (exact) mass is 261 g/mol. The van der Waals surface area contributed by atoms with Crippen LogP contribution in [0.5, 0.6) is 5.75 Å². The molecule has 0 aliphatic heterocycles. The molecule has 19 heavy (non-hydrogen) atoms. The lowest BCUT2D eigenvalue weighted by atomic mass is 10.1. The van der Waals surface area contributed by atoms with E-state index in [-0.39, 0.29) is 11.7 Å². The minimum Gasteiger partial charge on any atom is -0.490 e. The standard InChI is InChI=1S/C14H16FN3O/c1-9(2)19-11-6-4-5-10(15)13(11)14-17-8-7-12(16-3)18-14/h4-9H,1-3H3,(H,16,17,18). The molecule has 100 valence electrons. The lowest BCUT2D eigenvalue weighted by Crippen LogP contribution is -2.08. The molecule has 0 amide bonds. The fourth-order valence-corrected chi connectivity index (χ4v) is 1.69. The van der Waals surface area contributed by atoms with Gasteiger partial charge >= 0.3 is 0 Å². The van der Waals surface area contributed by atoms with E-state index in [0.717, 1.165) is 0 Å². The third-order valence-electron chi connectivity index (χ3n) is 2.47. The summed E-state index contributed by atoms with van der Waals surface area (Å²) in [6.45, 7) is 3.78. The Morgan fingerprint density at radius 2 is 2.05 bits per heavy atom. The highest BCUT2D eigenvalue weighted by Gasteiger charge is 2.16. The quantitative estimate of drug-likeness (QED) is 0.918. The van der Waals surface area contributed by atoms with Crippen molar-refractivity contribution < 1.29 is 9.13 Å². The van der Waals surface area contributed by atoms with E-state index in [4.69, 9.17) is 4.74 Å². The Bertz CT molecular complexity index is 572. The first kappa shape index (κ1) is 13.3. The Balaban J connectivity index is 2.53. The molecule has 1 aromatic heterocycles. The minimum atomic E-state index is -0.397. The average Bonchev–Trinajstić information content (AvgIpc) is 2.38. The van der Waals surface area contributed by atoms with E-state index >= 15 is 0 Å². The molecule has 0 aliphatic rings. The number of halogens is 1. The fraction of sp³-hybridized carbons (Fsp3) is 0.286. The van der Waals surface area contributed by atoms with Crippen molar-refractivity contribution in [2.75, 3.05) is 12.4 Å². The number of anilines is 1. The van der Waals surface area contributed by atoms with Gasteiger partial charge in [-0.2, -0.15) is 0 Å². The van der Waals surface area contributed by atoms with Crippen molar-refractivity contribution in [1.82, 2.24) is 9.97 Å². The topological polar surface area (TPSA) is 47.0 Å². The van der Waals surface area contributed by atoms with Gasteiger partial charge in [-0.1, -0.05) is 6.07 Å². The largest absolute Gasteiger partial charge is 0.490 e. The molecule has 2 rings (SSSR count). The molecule has 0 bridgehead atoms. The number of aromatic nitrogens is 2. The average molecular weight is 261 g/mol. The van der Waals surface area contributed by atoms with Gasteiger partial charge in [0.1, 0.15) is 17.4 Å². The molecule has 0 saturated heterocycles. The number of rotatable bonds is 4. The van der Waals surface area contributed by atoms with Crippen LogP contribution in [0.15, 0.2) is 30.5 Å². The van der Waals surface area contributed by atoms with Gasteiger partial charge in [0.05, 0.1) is 11.7 Å². The Hall–Kier alpha value is -2.17. The fourth-order valence-electron chi connectivity index (χ4n) is 1.69. The molecule has 0 spiro atoms. The summed E-state index contributed by atoms with van der Waals surface area (Å²) in [5.74, 6) is 0.985. The van der Waals surface area contributed by atoms with Gasteiger partial charge < -0.3 is 10.1 Å². The predicted molar refractivity (Wildman–Crippen MR) is 72.7 cm³/mol. The van der Waals surface area contributed by atoms with Crippen LogP contribution in [0.1, 0.15) is 13.8 Å². The summed E-state index contributed by atoms with van der Waals surface area (Å²) in [5.41, 5.74) is 0.285. The van der Waals surface area contributed by atoms with Gasteiger partial charge in [-0.3, -0.25) is 0 Å². The molecular weight excluding hydrogens is 245 g/mol. The Labute approximate surface area is 111 Å². The summed E-state index contributed by atoms with van der Waals surface area (Å²) in [6.07, 6.45) is 1.53. The third kappa shape index (κ3) is 2.99. The van der Waals surface area contributed by atoms with E-state index in [1.165, 1.54) is 6.07 Å². The van der Waals surface area contributed by atoms with Crippen molar-refractivity contribution in [3.63, 3.8) is 0 Å². The maximum atomic E-state index is 14.0.